The molecule has 0 unspecified atom stereocenters. The highest BCUT2D eigenvalue weighted by Gasteiger charge is 2.15. The fourth-order valence-electron chi connectivity index (χ4n) is 1.54. The zero-order valence-corrected chi connectivity index (χ0v) is 13.5. The second-order valence-electron chi connectivity index (χ2n) is 4.88. The van der Waals surface area contributed by atoms with E-state index in [1.54, 1.807) is 0 Å². The van der Waals surface area contributed by atoms with Crippen molar-refractivity contribution in [1.82, 2.24) is 9.62 Å². The van der Waals surface area contributed by atoms with E-state index in [2.05, 4.69) is 4.72 Å². The van der Waals surface area contributed by atoms with Gasteiger partial charge in [0.05, 0.1) is 11.5 Å². The third-order valence-electron chi connectivity index (χ3n) is 3.14. The van der Waals surface area contributed by atoms with Gasteiger partial charge < -0.3 is 10.0 Å². The van der Waals surface area contributed by atoms with E-state index >= 15 is 0 Å². The molecule has 1 aromatic carbocycles. The number of halogens is 1. The Labute approximate surface area is 125 Å². The van der Waals surface area contributed by atoms with Crippen LogP contribution in [0.3, 0.4) is 0 Å². The molecule has 0 fully saturated rings. The molecule has 1 aromatic rings. The van der Waals surface area contributed by atoms with E-state index in [0.29, 0.717) is 29.7 Å². The minimum atomic E-state index is -3.58. The van der Waals surface area contributed by atoms with Crippen LogP contribution in [0.15, 0.2) is 23.1 Å². The van der Waals surface area contributed by atoms with Crippen LogP contribution in [0.1, 0.15) is 19.4 Å². The predicted octanol–water partition coefficient (Wildman–Crippen LogP) is 1.45. The highest BCUT2D eigenvalue weighted by Crippen LogP contribution is 2.20. The summed E-state index contributed by atoms with van der Waals surface area (Å²) in [6, 6.07) is 4.64. The van der Waals surface area contributed by atoms with Crippen molar-refractivity contribution in [3.05, 3.63) is 28.8 Å². The minimum absolute atomic E-state index is 0.109. The number of nitrogens with zero attached hydrogens (tertiary/aromatic N) is 1. The number of hydrogen-bond acceptors (Lipinski definition) is 4. The van der Waals surface area contributed by atoms with E-state index in [4.69, 9.17) is 16.7 Å². The SMILES string of the molecule is CC(C)N(C)CCNS(=O)(=O)c1ccc(Cl)c(CO)c1. The van der Waals surface area contributed by atoms with Crippen LogP contribution < -0.4 is 4.72 Å². The number of aliphatic hydroxyl groups excluding tert-OH is 1. The second-order valence-corrected chi connectivity index (χ2v) is 7.06. The van der Waals surface area contributed by atoms with Gasteiger partial charge in [-0.15, -0.1) is 0 Å². The number of aliphatic hydroxyl groups is 1. The average molecular weight is 321 g/mol. The van der Waals surface area contributed by atoms with E-state index in [9.17, 15) is 8.42 Å². The summed E-state index contributed by atoms with van der Waals surface area (Å²) < 4.78 is 26.8. The topological polar surface area (TPSA) is 69.6 Å². The summed E-state index contributed by atoms with van der Waals surface area (Å²) in [4.78, 5) is 2.15. The van der Waals surface area contributed by atoms with E-state index in [1.165, 1.54) is 18.2 Å². The van der Waals surface area contributed by atoms with Gasteiger partial charge in [0.2, 0.25) is 10.0 Å². The minimum Gasteiger partial charge on any atom is -0.392 e. The van der Waals surface area contributed by atoms with Gasteiger partial charge in [0.15, 0.2) is 0 Å². The van der Waals surface area contributed by atoms with Crippen LogP contribution in [0.5, 0.6) is 0 Å². The van der Waals surface area contributed by atoms with Crippen molar-refractivity contribution in [2.45, 2.75) is 31.4 Å². The van der Waals surface area contributed by atoms with E-state index in [-0.39, 0.29) is 11.5 Å². The quantitative estimate of drug-likeness (QED) is 0.798. The number of hydrogen-bond donors (Lipinski definition) is 2. The Kier molecular flexibility index (Phi) is 6.42. The number of nitrogens with one attached hydrogen (secondary N) is 1. The summed E-state index contributed by atoms with van der Waals surface area (Å²) in [6.45, 7) is 4.74. The largest absolute Gasteiger partial charge is 0.392 e. The summed E-state index contributed by atoms with van der Waals surface area (Å²) in [5.41, 5.74) is 0.397. The van der Waals surface area contributed by atoms with Gasteiger partial charge in [-0.2, -0.15) is 0 Å². The van der Waals surface area contributed by atoms with Crippen LogP contribution in [0, 0.1) is 0 Å². The van der Waals surface area contributed by atoms with Crippen molar-refractivity contribution < 1.29 is 13.5 Å². The molecule has 0 aliphatic rings. The molecule has 0 aliphatic heterocycles. The molecule has 0 saturated carbocycles. The second kappa shape index (κ2) is 7.38. The Morgan fingerprint density at radius 1 is 1.40 bits per heavy atom. The van der Waals surface area contributed by atoms with Crippen LogP contribution in [0.4, 0.5) is 0 Å². The van der Waals surface area contributed by atoms with Crippen molar-refractivity contribution in [2.75, 3.05) is 20.1 Å². The fourth-order valence-corrected chi connectivity index (χ4v) is 2.79. The Bertz CT molecular complexity index is 547. The maximum atomic E-state index is 12.1. The molecule has 2 N–H and O–H groups in total. The summed E-state index contributed by atoms with van der Waals surface area (Å²) in [7, 11) is -1.64. The molecular formula is C13H21ClN2O3S. The van der Waals surface area contributed by atoms with E-state index < -0.39 is 10.0 Å². The molecule has 0 spiro atoms. The summed E-state index contributed by atoms with van der Waals surface area (Å²) >= 11 is 5.85. The fraction of sp³-hybridized carbons (Fsp3) is 0.538. The number of benzene rings is 1. The van der Waals surface area contributed by atoms with Gasteiger partial charge in [0.25, 0.3) is 0 Å². The van der Waals surface area contributed by atoms with Crippen molar-refractivity contribution in [1.29, 1.82) is 0 Å². The lowest BCUT2D eigenvalue weighted by atomic mass is 10.2. The number of sulfonamides is 1. The van der Waals surface area contributed by atoms with Gasteiger partial charge in [-0.25, -0.2) is 13.1 Å². The summed E-state index contributed by atoms with van der Waals surface area (Å²) in [6.07, 6.45) is 0. The van der Waals surface area contributed by atoms with Crippen LogP contribution in [0.25, 0.3) is 0 Å². The lowest BCUT2D eigenvalue weighted by Crippen LogP contribution is -2.36. The molecular weight excluding hydrogens is 300 g/mol. The molecule has 0 amide bonds. The van der Waals surface area contributed by atoms with Gasteiger partial charge in [0.1, 0.15) is 0 Å². The van der Waals surface area contributed by atoms with Gasteiger partial charge in [-0.1, -0.05) is 11.6 Å². The van der Waals surface area contributed by atoms with Gasteiger partial charge in [0, 0.05) is 24.2 Å². The highest BCUT2D eigenvalue weighted by atomic mass is 35.5. The van der Waals surface area contributed by atoms with Gasteiger partial charge >= 0.3 is 0 Å². The first-order chi connectivity index (χ1) is 9.27. The molecule has 0 aromatic heterocycles. The van der Waals surface area contributed by atoms with Crippen molar-refractivity contribution in [2.24, 2.45) is 0 Å². The molecule has 0 radical (unpaired) electrons. The number of rotatable bonds is 7. The maximum Gasteiger partial charge on any atom is 0.240 e. The predicted molar refractivity (Wildman–Crippen MR) is 80.3 cm³/mol. The molecule has 0 atom stereocenters. The first-order valence-electron chi connectivity index (χ1n) is 6.37. The van der Waals surface area contributed by atoms with E-state index in [1.807, 2.05) is 25.8 Å². The maximum absolute atomic E-state index is 12.1. The highest BCUT2D eigenvalue weighted by molar-refractivity contribution is 7.89. The average Bonchev–Trinajstić information content (AvgIpc) is 2.38. The van der Waals surface area contributed by atoms with Crippen LogP contribution >= 0.6 is 11.6 Å². The zero-order valence-electron chi connectivity index (χ0n) is 11.9. The Morgan fingerprint density at radius 3 is 2.60 bits per heavy atom. The van der Waals surface area contributed by atoms with E-state index in [0.717, 1.165) is 0 Å². The lowest BCUT2D eigenvalue weighted by molar-refractivity contribution is 0.278. The van der Waals surface area contributed by atoms with Crippen LogP contribution in [-0.4, -0.2) is 44.6 Å². The first-order valence-corrected chi connectivity index (χ1v) is 8.23. The summed E-state index contributed by atoms with van der Waals surface area (Å²) in [5, 5.41) is 9.46. The van der Waals surface area contributed by atoms with Crippen LogP contribution in [0.2, 0.25) is 5.02 Å². The van der Waals surface area contributed by atoms with Crippen LogP contribution in [-0.2, 0) is 16.6 Å². The molecule has 114 valence electrons. The smallest absolute Gasteiger partial charge is 0.240 e. The molecule has 0 aliphatic carbocycles. The van der Waals surface area contributed by atoms with Crippen molar-refractivity contribution in [3.63, 3.8) is 0 Å². The third kappa shape index (κ3) is 4.71. The summed E-state index contributed by atoms with van der Waals surface area (Å²) in [5.74, 6) is 0. The third-order valence-corrected chi connectivity index (χ3v) is 4.96. The lowest BCUT2D eigenvalue weighted by Gasteiger charge is -2.20. The Balaban J connectivity index is 2.74. The molecule has 5 nitrogen and oxygen atoms in total. The molecule has 0 bridgehead atoms. The van der Waals surface area contributed by atoms with Crippen molar-refractivity contribution >= 4 is 21.6 Å². The molecule has 20 heavy (non-hydrogen) atoms. The van der Waals surface area contributed by atoms with Gasteiger partial charge in [-0.3, -0.25) is 0 Å². The number of likely N-dealkylation sites (N-methyl/N-ethyl adjacent to an activating group) is 1. The zero-order chi connectivity index (χ0) is 15.3. The first kappa shape index (κ1) is 17.4. The molecule has 0 heterocycles. The Morgan fingerprint density at radius 2 is 2.05 bits per heavy atom. The molecule has 1 rings (SSSR count). The standard InChI is InChI=1S/C13H21ClN2O3S/c1-10(2)16(3)7-6-15-20(18,19)12-4-5-13(14)11(8-12)9-17/h4-5,8,10,15,17H,6-7,9H2,1-3H3. The normalized spacial score (nSPS) is 12.3. The molecule has 7 heteroatoms. The van der Waals surface area contributed by atoms with Gasteiger partial charge in [-0.05, 0) is 44.7 Å². The van der Waals surface area contributed by atoms with Crippen molar-refractivity contribution in [3.8, 4) is 0 Å². The monoisotopic (exact) mass is 320 g/mol. The molecule has 0 saturated heterocycles. The Hall–Kier alpha value is -0.660.